The standard InChI is InChI=1S/C12H26N2O.2C2H6/c1-4-5-9-13-10-7-6-8-11-14(3)12(2)15;2*1-2/h13H,4-11H2,1-3H3;2*1-2H3. The summed E-state index contributed by atoms with van der Waals surface area (Å²) >= 11 is 0. The molecule has 0 unspecified atom stereocenters. The summed E-state index contributed by atoms with van der Waals surface area (Å²) in [5.74, 6) is 0.163. The van der Waals surface area contributed by atoms with Gasteiger partial charge >= 0.3 is 0 Å². The van der Waals surface area contributed by atoms with Crippen LogP contribution in [0.25, 0.3) is 0 Å². The Labute approximate surface area is 122 Å². The first-order valence-electron chi connectivity index (χ1n) is 8.11. The number of amides is 1. The van der Waals surface area contributed by atoms with Gasteiger partial charge in [-0.25, -0.2) is 0 Å². The predicted molar refractivity (Wildman–Crippen MR) is 87.6 cm³/mol. The van der Waals surface area contributed by atoms with Gasteiger partial charge in [0.05, 0.1) is 0 Å². The Morgan fingerprint density at radius 1 is 0.947 bits per heavy atom. The van der Waals surface area contributed by atoms with Gasteiger partial charge in [-0.1, -0.05) is 47.5 Å². The molecule has 3 nitrogen and oxygen atoms in total. The quantitative estimate of drug-likeness (QED) is 0.643. The molecule has 1 N–H and O–H groups in total. The lowest BCUT2D eigenvalue weighted by molar-refractivity contribution is -0.127. The van der Waals surface area contributed by atoms with Crippen molar-refractivity contribution in [1.29, 1.82) is 0 Å². The molecule has 0 rings (SSSR count). The van der Waals surface area contributed by atoms with E-state index in [4.69, 9.17) is 0 Å². The number of hydrogen-bond donors (Lipinski definition) is 1. The molecular weight excluding hydrogens is 236 g/mol. The number of hydrogen-bond acceptors (Lipinski definition) is 2. The van der Waals surface area contributed by atoms with Crippen LogP contribution >= 0.6 is 0 Å². The van der Waals surface area contributed by atoms with E-state index in [0.717, 1.165) is 26.1 Å². The van der Waals surface area contributed by atoms with Crippen molar-refractivity contribution >= 4 is 5.91 Å². The second kappa shape index (κ2) is 22.6. The average molecular weight is 274 g/mol. The van der Waals surface area contributed by atoms with Crippen LogP contribution in [0.15, 0.2) is 0 Å². The fourth-order valence-corrected chi connectivity index (χ4v) is 1.36. The summed E-state index contributed by atoms with van der Waals surface area (Å²) in [6.07, 6.45) is 6.07. The predicted octanol–water partition coefficient (Wildman–Crippen LogP) is 4.08. The molecule has 0 saturated heterocycles. The van der Waals surface area contributed by atoms with Crippen molar-refractivity contribution in [3.63, 3.8) is 0 Å². The van der Waals surface area contributed by atoms with Crippen molar-refractivity contribution in [1.82, 2.24) is 10.2 Å². The Morgan fingerprint density at radius 2 is 1.47 bits per heavy atom. The third kappa shape index (κ3) is 23.0. The molecule has 0 spiro atoms. The first-order valence-corrected chi connectivity index (χ1v) is 8.11. The number of unbranched alkanes of at least 4 members (excludes halogenated alkanes) is 3. The molecule has 0 aliphatic carbocycles. The smallest absolute Gasteiger partial charge is 0.219 e. The number of nitrogens with one attached hydrogen (secondary N) is 1. The van der Waals surface area contributed by atoms with Crippen molar-refractivity contribution in [2.45, 2.75) is 73.6 Å². The lowest BCUT2D eigenvalue weighted by Crippen LogP contribution is -2.25. The molecule has 1 amide bonds. The highest BCUT2D eigenvalue weighted by Gasteiger charge is 2.00. The van der Waals surface area contributed by atoms with E-state index in [0.29, 0.717) is 0 Å². The van der Waals surface area contributed by atoms with Gasteiger partial charge in [-0.05, 0) is 32.4 Å². The Morgan fingerprint density at radius 3 is 1.95 bits per heavy atom. The van der Waals surface area contributed by atoms with Gasteiger partial charge in [-0.15, -0.1) is 0 Å². The molecule has 0 aromatic rings. The molecule has 0 aliphatic rings. The zero-order chi connectivity index (χ0) is 15.5. The molecule has 19 heavy (non-hydrogen) atoms. The van der Waals surface area contributed by atoms with Crippen molar-refractivity contribution < 1.29 is 4.79 Å². The second-order valence-corrected chi connectivity index (χ2v) is 4.10. The van der Waals surface area contributed by atoms with E-state index in [2.05, 4.69) is 12.2 Å². The summed E-state index contributed by atoms with van der Waals surface area (Å²) in [5.41, 5.74) is 0. The van der Waals surface area contributed by atoms with Crippen LogP contribution in [0.1, 0.15) is 73.6 Å². The summed E-state index contributed by atoms with van der Waals surface area (Å²) < 4.78 is 0. The van der Waals surface area contributed by atoms with Crippen LogP contribution < -0.4 is 5.32 Å². The van der Waals surface area contributed by atoms with Crippen LogP contribution in [0, 0.1) is 0 Å². The summed E-state index contributed by atoms with van der Waals surface area (Å²) in [6, 6.07) is 0. The highest BCUT2D eigenvalue weighted by molar-refractivity contribution is 5.72. The minimum atomic E-state index is 0.163. The number of carbonyl (C=O) groups excluding carboxylic acids is 1. The fraction of sp³-hybridized carbons (Fsp3) is 0.938. The number of rotatable bonds is 9. The van der Waals surface area contributed by atoms with Crippen molar-refractivity contribution in [2.24, 2.45) is 0 Å². The highest BCUT2D eigenvalue weighted by Crippen LogP contribution is 1.97. The topological polar surface area (TPSA) is 32.3 Å². The van der Waals surface area contributed by atoms with E-state index in [-0.39, 0.29) is 5.91 Å². The van der Waals surface area contributed by atoms with Gasteiger partial charge in [0, 0.05) is 20.5 Å². The van der Waals surface area contributed by atoms with Gasteiger partial charge in [0.1, 0.15) is 0 Å². The Hall–Kier alpha value is -0.570. The first kappa shape index (κ1) is 23.5. The van der Waals surface area contributed by atoms with Gasteiger partial charge < -0.3 is 10.2 Å². The average Bonchev–Trinajstić information content (AvgIpc) is 2.45. The maximum atomic E-state index is 10.9. The summed E-state index contributed by atoms with van der Waals surface area (Å²) in [6.45, 7) is 15.0. The third-order valence-corrected chi connectivity index (χ3v) is 2.59. The molecule has 0 atom stereocenters. The molecular formula is C16H38N2O. The summed E-state index contributed by atoms with van der Waals surface area (Å²) in [4.78, 5) is 12.7. The van der Waals surface area contributed by atoms with Gasteiger partial charge in [0.15, 0.2) is 0 Å². The zero-order valence-corrected chi connectivity index (χ0v) is 14.5. The largest absolute Gasteiger partial charge is 0.346 e. The minimum Gasteiger partial charge on any atom is -0.346 e. The molecule has 3 heteroatoms. The van der Waals surface area contributed by atoms with Gasteiger partial charge in [-0.3, -0.25) is 4.79 Å². The Balaban J connectivity index is -0.000000579. The zero-order valence-electron chi connectivity index (χ0n) is 14.5. The maximum Gasteiger partial charge on any atom is 0.219 e. The molecule has 0 heterocycles. The van der Waals surface area contributed by atoms with Gasteiger partial charge in [0.25, 0.3) is 0 Å². The van der Waals surface area contributed by atoms with Crippen LogP contribution in [0.3, 0.4) is 0 Å². The lowest BCUT2D eigenvalue weighted by Gasteiger charge is -2.14. The number of carbonyl (C=O) groups is 1. The SMILES string of the molecule is CC.CC.CCCCNCCCCCN(C)C(C)=O. The minimum absolute atomic E-state index is 0.163. The molecule has 0 aromatic heterocycles. The van der Waals surface area contributed by atoms with E-state index in [1.807, 2.05) is 34.7 Å². The van der Waals surface area contributed by atoms with Crippen molar-refractivity contribution in [2.75, 3.05) is 26.7 Å². The monoisotopic (exact) mass is 274 g/mol. The Kier molecular flexibility index (Phi) is 28.0. The fourth-order valence-electron chi connectivity index (χ4n) is 1.36. The van der Waals surface area contributed by atoms with E-state index >= 15 is 0 Å². The van der Waals surface area contributed by atoms with E-state index < -0.39 is 0 Å². The molecule has 0 aromatic carbocycles. The number of nitrogens with zero attached hydrogens (tertiary/aromatic N) is 1. The second-order valence-electron chi connectivity index (χ2n) is 4.10. The molecule has 0 radical (unpaired) electrons. The van der Waals surface area contributed by atoms with Crippen LogP contribution in [-0.4, -0.2) is 37.5 Å². The molecule has 0 bridgehead atoms. The van der Waals surface area contributed by atoms with Crippen molar-refractivity contribution in [3.8, 4) is 0 Å². The van der Waals surface area contributed by atoms with Crippen molar-refractivity contribution in [3.05, 3.63) is 0 Å². The van der Waals surface area contributed by atoms with E-state index in [1.165, 1.54) is 25.7 Å². The summed E-state index contributed by atoms with van der Waals surface area (Å²) in [7, 11) is 1.86. The third-order valence-electron chi connectivity index (χ3n) is 2.59. The van der Waals surface area contributed by atoms with Crippen LogP contribution in [0.5, 0.6) is 0 Å². The highest BCUT2D eigenvalue weighted by atomic mass is 16.2. The van der Waals surface area contributed by atoms with Gasteiger partial charge in [-0.2, -0.15) is 0 Å². The lowest BCUT2D eigenvalue weighted by atomic mass is 10.2. The molecule has 0 fully saturated rings. The first-order chi connectivity index (χ1) is 9.18. The molecule has 118 valence electrons. The summed E-state index contributed by atoms with van der Waals surface area (Å²) in [5, 5.41) is 3.42. The van der Waals surface area contributed by atoms with Crippen LogP contribution in [0.4, 0.5) is 0 Å². The molecule has 0 aliphatic heterocycles. The van der Waals surface area contributed by atoms with Crippen LogP contribution in [-0.2, 0) is 4.79 Å². The maximum absolute atomic E-state index is 10.9. The normalized spacial score (nSPS) is 8.79. The van der Waals surface area contributed by atoms with Gasteiger partial charge in [0.2, 0.25) is 5.91 Å². The Bertz CT molecular complexity index is 161. The van der Waals surface area contributed by atoms with Crippen LogP contribution in [0.2, 0.25) is 0 Å². The van der Waals surface area contributed by atoms with E-state index in [9.17, 15) is 4.79 Å². The van der Waals surface area contributed by atoms with E-state index in [1.54, 1.807) is 11.8 Å². The molecule has 0 saturated carbocycles.